The molecule has 0 radical (unpaired) electrons. The number of ether oxygens (including phenoxy) is 2. The van der Waals surface area contributed by atoms with Gasteiger partial charge < -0.3 is 14.6 Å². The van der Waals surface area contributed by atoms with Crippen molar-refractivity contribution >= 4 is 15.8 Å². The molecule has 1 aromatic rings. The summed E-state index contributed by atoms with van der Waals surface area (Å²) in [5.41, 5.74) is 0. The molecule has 2 atom stereocenters. The molecule has 1 aromatic carbocycles. The Labute approximate surface area is 154 Å². The lowest BCUT2D eigenvalue weighted by molar-refractivity contribution is -0.146. The van der Waals surface area contributed by atoms with E-state index in [4.69, 9.17) is 9.47 Å². The van der Waals surface area contributed by atoms with E-state index >= 15 is 0 Å². The first-order chi connectivity index (χ1) is 12.4. The minimum absolute atomic E-state index is 0.0511. The monoisotopic (exact) mass is 380 g/mol. The SMILES string of the molecule is CC#CCOc1ccc(S(=O)(=O)C(CC)(C(=O)O)C2CCCCO2)cc1. The quantitative estimate of drug-likeness (QED) is 0.732. The fourth-order valence-electron chi connectivity index (χ4n) is 3.22. The fraction of sp³-hybridized carbons (Fsp3) is 0.526. The van der Waals surface area contributed by atoms with Crippen LogP contribution < -0.4 is 4.74 Å². The van der Waals surface area contributed by atoms with Crippen LogP contribution in [0.5, 0.6) is 5.75 Å². The van der Waals surface area contributed by atoms with Gasteiger partial charge in [-0.2, -0.15) is 0 Å². The Kier molecular flexibility index (Phi) is 6.68. The lowest BCUT2D eigenvalue weighted by atomic mass is 9.92. The van der Waals surface area contributed by atoms with Crippen LogP contribution in [0.15, 0.2) is 29.2 Å². The second kappa shape index (κ2) is 8.56. The molecule has 0 saturated carbocycles. The third-order valence-corrected chi connectivity index (χ3v) is 7.27. The van der Waals surface area contributed by atoms with Gasteiger partial charge in [-0.1, -0.05) is 12.8 Å². The Hall–Kier alpha value is -2.04. The molecule has 1 saturated heterocycles. The molecule has 1 aliphatic rings. The first-order valence-corrected chi connectivity index (χ1v) is 10.1. The van der Waals surface area contributed by atoms with Crippen molar-refractivity contribution in [2.24, 2.45) is 0 Å². The van der Waals surface area contributed by atoms with Gasteiger partial charge in [-0.05, 0) is 56.9 Å². The summed E-state index contributed by atoms with van der Waals surface area (Å²) in [6, 6.07) is 5.77. The smallest absolute Gasteiger partial charge is 0.328 e. The van der Waals surface area contributed by atoms with Gasteiger partial charge in [-0.3, -0.25) is 4.79 Å². The summed E-state index contributed by atoms with van der Waals surface area (Å²) in [5.74, 6) is 4.55. The van der Waals surface area contributed by atoms with Crippen molar-refractivity contribution in [1.82, 2.24) is 0 Å². The zero-order valence-corrected chi connectivity index (χ0v) is 15.8. The van der Waals surface area contributed by atoms with Crippen molar-refractivity contribution in [2.75, 3.05) is 13.2 Å². The van der Waals surface area contributed by atoms with Crippen LogP contribution in [0.1, 0.15) is 39.5 Å². The normalized spacial score (nSPS) is 19.7. The van der Waals surface area contributed by atoms with Crippen LogP contribution in [0.2, 0.25) is 0 Å². The van der Waals surface area contributed by atoms with E-state index in [1.807, 2.05) is 0 Å². The molecular weight excluding hydrogens is 356 g/mol. The molecule has 0 amide bonds. The van der Waals surface area contributed by atoms with Gasteiger partial charge in [0.15, 0.2) is 14.6 Å². The number of sulfone groups is 1. The highest BCUT2D eigenvalue weighted by atomic mass is 32.2. The Morgan fingerprint density at radius 1 is 1.35 bits per heavy atom. The predicted octanol–water partition coefficient (Wildman–Crippen LogP) is 2.66. The summed E-state index contributed by atoms with van der Waals surface area (Å²) in [6.45, 7) is 3.85. The number of benzene rings is 1. The van der Waals surface area contributed by atoms with Crippen LogP contribution in [0.25, 0.3) is 0 Å². The van der Waals surface area contributed by atoms with Gasteiger partial charge >= 0.3 is 5.97 Å². The molecule has 0 bridgehead atoms. The van der Waals surface area contributed by atoms with Crippen LogP contribution in [-0.4, -0.2) is 43.6 Å². The maximum absolute atomic E-state index is 13.3. The highest BCUT2D eigenvalue weighted by Crippen LogP contribution is 2.38. The maximum Gasteiger partial charge on any atom is 0.328 e. The molecule has 26 heavy (non-hydrogen) atoms. The molecule has 1 heterocycles. The molecule has 0 aliphatic carbocycles. The number of hydrogen-bond donors (Lipinski definition) is 1. The topological polar surface area (TPSA) is 89.9 Å². The van der Waals surface area contributed by atoms with Gasteiger partial charge in [0.2, 0.25) is 0 Å². The molecule has 1 fully saturated rings. The number of carboxylic acids is 1. The average Bonchev–Trinajstić information content (AvgIpc) is 2.64. The summed E-state index contributed by atoms with van der Waals surface area (Å²) < 4.78 is 35.5. The molecule has 2 rings (SSSR count). The summed E-state index contributed by atoms with van der Waals surface area (Å²) in [5, 5.41) is 9.87. The first kappa shape index (κ1) is 20.3. The minimum Gasteiger partial charge on any atom is -0.481 e. The Morgan fingerprint density at radius 2 is 2.04 bits per heavy atom. The third kappa shape index (κ3) is 3.71. The van der Waals surface area contributed by atoms with Gasteiger partial charge in [0.05, 0.1) is 11.0 Å². The lowest BCUT2D eigenvalue weighted by Crippen LogP contribution is -2.57. The Bertz CT molecular complexity index is 782. The van der Waals surface area contributed by atoms with E-state index < -0.39 is 26.7 Å². The highest BCUT2D eigenvalue weighted by Gasteiger charge is 2.57. The van der Waals surface area contributed by atoms with E-state index in [1.165, 1.54) is 24.3 Å². The molecule has 0 aromatic heterocycles. The number of rotatable bonds is 7. The largest absolute Gasteiger partial charge is 0.481 e. The second-order valence-corrected chi connectivity index (χ2v) is 8.30. The molecule has 6 nitrogen and oxygen atoms in total. The van der Waals surface area contributed by atoms with E-state index in [2.05, 4.69) is 11.8 Å². The van der Waals surface area contributed by atoms with Crippen LogP contribution in [0.4, 0.5) is 0 Å². The highest BCUT2D eigenvalue weighted by molar-refractivity contribution is 7.93. The number of carboxylic acid groups (broad SMARTS) is 1. The van der Waals surface area contributed by atoms with Crippen molar-refractivity contribution < 1.29 is 27.8 Å². The predicted molar refractivity (Wildman–Crippen MR) is 96.8 cm³/mol. The Morgan fingerprint density at radius 3 is 2.54 bits per heavy atom. The van der Waals surface area contributed by atoms with E-state index in [-0.39, 0.29) is 17.9 Å². The zero-order chi connectivity index (χ0) is 19.2. The molecular formula is C19H24O6S. The molecule has 142 valence electrons. The van der Waals surface area contributed by atoms with E-state index in [0.29, 0.717) is 18.8 Å². The van der Waals surface area contributed by atoms with Crippen LogP contribution >= 0.6 is 0 Å². The van der Waals surface area contributed by atoms with Crippen molar-refractivity contribution in [3.8, 4) is 17.6 Å². The van der Waals surface area contributed by atoms with E-state index in [0.717, 1.165) is 12.8 Å². The van der Waals surface area contributed by atoms with Crippen molar-refractivity contribution in [2.45, 2.75) is 55.3 Å². The number of hydrogen-bond acceptors (Lipinski definition) is 5. The van der Waals surface area contributed by atoms with E-state index in [1.54, 1.807) is 13.8 Å². The van der Waals surface area contributed by atoms with Crippen molar-refractivity contribution in [1.29, 1.82) is 0 Å². The Balaban J connectivity index is 2.39. The summed E-state index contributed by atoms with van der Waals surface area (Å²) in [7, 11) is -4.16. The zero-order valence-electron chi connectivity index (χ0n) is 15.0. The molecule has 1 aliphatic heterocycles. The lowest BCUT2D eigenvalue weighted by Gasteiger charge is -2.37. The van der Waals surface area contributed by atoms with Gasteiger partial charge in [-0.15, -0.1) is 5.92 Å². The van der Waals surface area contributed by atoms with Crippen LogP contribution in [0.3, 0.4) is 0 Å². The second-order valence-electron chi connectivity index (χ2n) is 6.09. The average molecular weight is 380 g/mol. The first-order valence-electron chi connectivity index (χ1n) is 8.62. The molecule has 0 spiro atoms. The van der Waals surface area contributed by atoms with Crippen molar-refractivity contribution in [3.63, 3.8) is 0 Å². The van der Waals surface area contributed by atoms with Gasteiger partial charge in [-0.25, -0.2) is 8.42 Å². The number of carbonyl (C=O) groups is 1. The molecule has 1 N–H and O–H groups in total. The van der Waals surface area contributed by atoms with Gasteiger partial charge in [0.25, 0.3) is 0 Å². The maximum atomic E-state index is 13.3. The molecule has 7 heteroatoms. The van der Waals surface area contributed by atoms with Gasteiger partial charge in [0.1, 0.15) is 12.4 Å². The number of aliphatic carboxylic acids is 1. The van der Waals surface area contributed by atoms with Gasteiger partial charge in [0, 0.05) is 6.61 Å². The standard InChI is InChI=1S/C19H24O6S/c1-3-5-13-24-15-9-11-16(12-10-15)26(22,23)19(4-2,18(20)21)17-8-6-7-14-25-17/h9-12,17H,4,6-8,13-14H2,1-2H3,(H,20,21). The summed E-state index contributed by atoms with van der Waals surface area (Å²) in [4.78, 5) is 12.1. The molecule has 2 unspecified atom stereocenters. The third-order valence-electron chi connectivity index (χ3n) is 4.69. The van der Waals surface area contributed by atoms with Crippen molar-refractivity contribution in [3.05, 3.63) is 24.3 Å². The minimum atomic E-state index is -4.16. The summed E-state index contributed by atoms with van der Waals surface area (Å²) >= 11 is 0. The van der Waals surface area contributed by atoms with E-state index in [9.17, 15) is 18.3 Å². The van der Waals surface area contributed by atoms with Crippen LogP contribution in [-0.2, 0) is 19.4 Å². The van der Waals surface area contributed by atoms with Crippen LogP contribution in [0, 0.1) is 11.8 Å². The summed E-state index contributed by atoms with van der Waals surface area (Å²) in [6.07, 6.45) is 1.04. The fourth-order valence-corrected chi connectivity index (χ4v) is 5.28.